The van der Waals surface area contributed by atoms with Crippen LogP contribution in [0.2, 0.25) is 0 Å². The summed E-state index contributed by atoms with van der Waals surface area (Å²) in [6.07, 6.45) is 0. The fourth-order valence-electron chi connectivity index (χ4n) is 3.24. The summed E-state index contributed by atoms with van der Waals surface area (Å²) in [5.41, 5.74) is 3.92. The van der Waals surface area contributed by atoms with Crippen LogP contribution in [0.3, 0.4) is 0 Å². The van der Waals surface area contributed by atoms with Gasteiger partial charge in [-0.3, -0.25) is 4.79 Å². The summed E-state index contributed by atoms with van der Waals surface area (Å²) in [6, 6.07) is 13.6. The van der Waals surface area contributed by atoms with Crippen molar-refractivity contribution in [3.05, 3.63) is 58.1 Å². The Kier molecular flexibility index (Phi) is 5.76. The number of anilines is 2. The third-order valence-electron chi connectivity index (χ3n) is 4.73. The van der Waals surface area contributed by atoms with Crippen molar-refractivity contribution in [1.82, 2.24) is 4.90 Å². The smallest absolute Gasteiger partial charge is 0.256 e. The second-order valence-corrected chi connectivity index (χ2v) is 7.21. The highest BCUT2D eigenvalue weighted by Crippen LogP contribution is 2.25. The maximum absolute atomic E-state index is 12.4. The molecule has 0 spiro atoms. The molecule has 0 radical (unpaired) electrons. The Morgan fingerprint density at radius 2 is 1.84 bits per heavy atom. The molecule has 132 valence electrons. The number of rotatable bonds is 4. The van der Waals surface area contributed by atoms with E-state index in [9.17, 15) is 4.79 Å². The van der Waals surface area contributed by atoms with Crippen LogP contribution in [-0.4, -0.2) is 43.5 Å². The molecule has 1 amide bonds. The van der Waals surface area contributed by atoms with Crippen LogP contribution < -0.4 is 10.2 Å². The van der Waals surface area contributed by atoms with Crippen LogP contribution in [0, 0.1) is 6.92 Å². The van der Waals surface area contributed by atoms with Gasteiger partial charge in [0.2, 0.25) is 0 Å². The van der Waals surface area contributed by atoms with E-state index in [-0.39, 0.29) is 5.91 Å². The number of carbonyl (C=O) groups is 1. The Labute approximate surface area is 158 Å². The van der Waals surface area contributed by atoms with Gasteiger partial charge in [-0.2, -0.15) is 0 Å². The van der Waals surface area contributed by atoms with Gasteiger partial charge in [-0.05, 0) is 65.3 Å². The lowest BCUT2D eigenvalue weighted by Gasteiger charge is -2.36. The molecule has 1 saturated heterocycles. The molecular formula is C20H24BrN3O. The van der Waals surface area contributed by atoms with Gasteiger partial charge in [0.25, 0.3) is 5.91 Å². The molecule has 0 bridgehead atoms. The molecule has 0 atom stereocenters. The van der Waals surface area contributed by atoms with E-state index in [2.05, 4.69) is 57.0 Å². The van der Waals surface area contributed by atoms with E-state index >= 15 is 0 Å². The first-order valence-electron chi connectivity index (χ1n) is 8.72. The zero-order valence-electron chi connectivity index (χ0n) is 14.8. The zero-order valence-corrected chi connectivity index (χ0v) is 16.3. The number of carbonyl (C=O) groups excluding carboxylic acids is 1. The highest BCUT2D eigenvalue weighted by Gasteiger charge is 2.17. The van der Waals surface area contributed by atoms with Gasteiger partial charge in [-0.25, -0.2) is 0 Å². The lowest BCUT2D eigenvalue weighted by Crippen LogP contribution is -2.46. The van der Waals surface area contributed by atoms with Crippen LogP contribution in [0.5, 0.6) is 0 Å². The Morgan fingerprint density at radius 1 is 1.12 bits per heavy atom. The molecule has 2 aromatic rings. The second-order valence-electron chi connectivity index (χ2n) is 6.36. The zero-order chi connectivity index (χ0) is 17.8. The first-order valence-corrected chi connectivity index (χ1v) is 9.51. The van der Waals surface area contributed by atoms with Crippen molar-refractivity contribution in [2.45, 2.75) is 13.8 Å². The van der Waals surface area contributed by atoms with E-state index in [0.717, 1.165) is 42.9 Å². The molecule has 0 unspecified atom stereocenters. The monoisotopic (exact) mass is 401 g/mol. The minimum atomic E-state index is -0.101. The van der Waals surface area contributed by atoms with Crippen molar-refractivity contribution in [2.75, 3.05) is 42.9 Å². The number of likely N-dealkylation sites (N-methyl/N-ethyl adjacent to an activating group) is 1. The summed E-state index contributed by atoms with van der Waals surface area (Å²) in [4.78, 5) is 17.3. The lowest BCUT2D eigenvalue weighted by molar-refractivity contribution is 0.102. The van der Waals surface area contributed by atoms with E-state index < -0.39 is 0 Å². The molecule has 5 heteroatoms. The second kappa shape index (κ2) is 8.02. The van der Waals surface area contributed by atoms with Crippen molar-refractivity contribution in [3.8, 4) is 0 Å². The molecule has 25 heavy (non-hydrogen) atoms. The Hall–Kier alpha value is -1.85. The number of hydrogen-bond acceptors (Lipinski definition) is 3. The molecule has 3 rings (SSSR count). The molecular weight excluding hydrogens is 378 g/mol. The van der Waals surface area contributed by atoms with E-state index in [1.54, 1.807) is 0 Å². The van der Waals surface area contributed by atoms with E-state index in [4.69, 9.17) is 0 Å². The molecule has 4 nitrogen and oxygen atoms in total. The summed E-state index contributed by atoms with van der Waals surface area (Å²) in [5.74, 6) is -0.101. The van der Waals surface area contributed by atoms with E-state index in [1.807, 2.05) is 30.3 Å². The minimum Gasteiger partial charge on any atom is -0.369 e. The van der Waals surface area contributed by atoms with Gasteiger partial charge in [-0.15, -0.1) is 0 Å². The summed E-state index contributed by atoms with van der Waals surface area (Å²) >= 11 is 3.43. The molecule has 1 aliphatic heterocycles. The van der Waals surface area contributed by atoms with Crippen LogP contribution in [-0.2, 0) is 0 Å². The normalized spacial score (nSPS) is 15.2. The highest BCUT2D eigenvalue weighted by atomic mass is 79.9. The fourth-order valence-corrected chi connectivity index (χ4v) is 3.70. The van der Waals surface area contributed by atoms with Crippen LogP contribution in [0.1, 0.15) is 22.8 Å². The number of aryl methyl sites for hydroxylation is 1. The topological polar surface area (TPSA) is 35.6 Å². The molecule has 0 aliphatic carbocycles. The number of amides is 1. The van der Waals surface area contributed by atoms with Crippen molar-refractivity contribution in [1.29, 1.82) is 0 Å². The number of nitrogens with one attached hydrogen (secondary N) is 1. The highest BCUT2D eigenvalue weighted by molar-refractivity contribution is 9.10. The molecule has 1 fully saturated rings. The molecule has 1 heterocycles. The van der Waals surface area contributed by atoms with Crippen LogP contribution in [0.4, 0.5) is 11.4 Å². The number of halogens is 1. The van der Waals surface area contributed by atoms with E-state index in [0.29, 0.717) is 5.56 Å². The Morgan fingerprint density at radius 3 is 2.48 bits per heavy atom. The first-order chi connectivity index (χ1) is 12.1. The van der Waals surface area contributed by atoms with Gasteiger partial charge < -0.3 is 15.1 Å². The number of hydrogen-bond donors (Lipinski definition) is 1. The van der Waals surface area contributed by atoms with Crippen molar-refractivity contribution in [3.63, 3.8) is 0 Å². The predicted octanol–water partition coefficient (Wildman–Crippen LogP) is 4.15. The summed E-state index contributed by atoms with van der Waals surface area (Å²) < 4.78 is 0.801. The Bertz CT molecular complexity index is 754. The molecule has 2 aromatic carbocycles. The van der Waals surface area contributed by atoms with Gasteiger partial charge in [-0.1, -0.05) is 19.1 Å². The van der Waals surface area contributed by atoms with Gasteiger partial charge in [0, 0.05) is 42.0 Å². The third-order valence-corrected chi connectivity index (χ3v) is 5.42. The predicted molar refractivity (Wildman–Crippen MR) is 108 cm³/mol. The molecule has 0 saturated carbocycles. The SMILES string of the molecule is CCN1CCN(c2ccc(NC(=O)c3ccccc3Br)cc2C)CC1. The average molecular weight is 402 g/mol. The third kappa shape index (κ3) is 4.22. The molecule has 0 aromatic heterocycles. The standard InChI is InChI=1S/C20H24BrN3O/c1-3-23-10-12-24(13-11-23)19-9-8-16(14-15(19)2)22-20(25)17-6-4-5-7-18(17)21/h4-9,14H,3,10-13H2,1-2H3,(H,22,25). The maximum atomic E-state index is 12.4. The quantitative estimate of drug-likeness (QED) is 0.835. The van der Waals surface area contributed by atoms with Gasteiger partial charge in [0.15, 0.2) is 0 Å². The van der Waals surface area contributed by atoms with Gasteiger partial charge in [0.05, 0.1) is 5.56 Å². The van der Waals surface area contributed by atoms with Gasteiger partial charge in [0.1, 0.15) is 0 Å². The summed E-state index contributed by atoms with van der Waals surface area (Å²) in [6.45, 7) is 9.76. The molecule has 1 N–H and O–H groups in total. The van der Waals surface area contributed by atoms with Gasteiger partial charge >= 0.3 is 0 Å². The van der Waals surface area contributed by atoms with Crippen molar-refractivity contribution < 1.29 is 4.79 Å². The average Bonchev–Trinajstić information content (AvgIpc) is 2.62. The molecule has 1 aliphatic rings. The lowest BCUT2D eigenvalue weighted by atomic mass is 10.1. The number of piperazine rings is 1. The van der Waals surface area contributed by atoms with Crippen LogP contribution >= 0.6 is 15.9 Å². The number of nitrogens with zero attached hydrogens (tertiary/aromatic N) is 2. The first kappa shape index (κ1) is 18.0. The minimum absolute atomic E-state index is 0.101. The summed E-state index contributed by atoms with van der Waals surface area (Å²) in [5, 5.41) is 2.99. The maximum Gasteiger partial charge on any atom is 0.256 e. The van der Waals surface area contributed by atoms with E-state index in [1.165, 1.54) is 11.3 Å². The van der Waals surface area contributed by atoms with Crippen LogP contribution in [0.15, 0.2) is 46.9 Å². The fraction of sp³-hybridized carbons (Fsp3) is 0.350. The summed E-state index contributed by atoms with van der Waals surface area (Å²) in [7, 11) is 0. The van der Waals surface area contributed by atoms with Crippen molar-refractivity contribution >= 4 is 33.2 Å². The number of benzene rings is 2. The van der Waals surface area contributed by atoms with Crippen LogP contribution in [0.25, 0.3) is 0 Å². The van der Waals surface area contributed by atoms with Crippen molar-refractivity contribution in [2.24, 2.45) is 0 Å². The Balaban J connectivity index is 1.70. The largest absolute Gasteiger partial charge is 0.369 e.